The SMILES string of the molecule is O=C(CC(C(=O)NC(CO)Cc1ccccc1)n1ccc(-c2ccc(-c3ccccc3)cc2)c1)OCc1ccccc1. The number of ether oxygens (including phenoxy) is 1. The largest absolute Gasteiger partial charge is 0.461 e. The van der Waals surface area contributed by atoms with Crippen molar-refractivity contribution in [1.82, 2.24) is 9.88 Å². The van der Waals surface area contributed by atoms with Crippen LogP contribution in [-0.2, 0) is 27.4 Å². The molecule has 5 rings (SSSR count). The number of rotatable bonds is 12. The summed E-state index contributed by atoms with van der Waals surface area (Å²) in [5, 5.41) is 13.0. The Bertz CT molecular complexity index is 1570. The molecule has 0 saturated carbocycles. The Kier molecular flexibility index (Phi) is 9.60. The Balaban J connectivity index is 1.33. The van der Waals surface area contributed by atoms with Gasteiger partial charge in [-0.15, -0.1) is 0 Å². The first-order valence-electron chi connectivity index (χ1n) is 14.1. The first kappa shape index (κ1) is 28.6. The van der Waals surface area contributed by atoms with Gasteiger partial charge >= 0.3 is 5.97 Å². The van der Waals surface area contributed by atoms with Gasteiger partial charge in [0.1, 0.15) is 12.6 Å². The van der Waals surface area contributed by atoms with Crippen LogP contribution in [0.5, 0.6) is 0 Å². The van der Waals surface area contributed by atoms with Crippen LogP contribution < -0.4 is 5.32 Å². The van der Waals surface area contributed by atoms with Crippen LogP contribution in [0.2, 0.25) is 0 Å². The number of amides is 1. The minimum atomic E-state index is -0.851. The molecular formula is C36H34N2O4. The summed E-state index contributed by atoms with van der Waals surface area (Å²) in [5.41, 5.74) is 6.05. The van der Waals surface area contributed by atoms with Crippen LogP contribution in [0.1, 0.15) is 23.6 Å². The fourth-order valence-corrected chi connectivity index (χ4v) is 4.91. The van der Waals surface area contributed by atoms with E-state index in [4.69, 9.17) is 4.74 Å². The predicted octanol–water partition coefficient (Wildman–Crippen LogP) is 6.22. The number of aromatic nitrogens is 1. The van der Waals surface area contributed by atoms with Crippen LogP contribution in [-0.4, -0.2) is 34.2 Å². The van der Waals surface area contributed by atoms with Crippen molar-refractivity contribution in [3.8, 4) is 22.3 Å². The molecule has 1 heterocycles. The second-order valence-electron chi connectivity index (χ2n) is 10.2. The van der Waals surface area contributed by atoms with E-state index in [0.29, 0.717) is 6.42 Å². The number of nitrogens with zero attached hydrogens (tertiary/aromatic N) is 1. The van der Waals surface area contributed by atoms with E-state index in [1.165, 1.54) is 0 Å². The molecule has 0 saturated heterocycles. The van der Waals surface area contributed by atoms with Crippen LogP contribution in [0.4, 0.5) is 0 Å². The Morgan fingerprint density at radius 3 is 1.86 bits per heavy atom. The lowest BCUT2D eigenvalue weighted by Gasteiger charge is -2.22. The average Bonchev–Trinajstić information content (AvgIpc) is 3.54. The van der Waals surface area contributed by atoms with E-state index >= 15 is 0 Å². The third kappa shape index (κ3) is 7.62. The Labute approximate surface area is 246 Å². The minimum absolute atomic E-state index is 0.131. The van der Waals surface area contributed by atoms with E-state index in [1.807, 2.05) is 103 Å². The standard InChI is InChI=1S/C36H34N2O4/c39-25-33(22-27-10-4-1-5-11-27)37-36(41)34(23-35(40)42-26-28-12-6-2-7-13-28)38-21-20-32(24-38)31-18-16-30(17-19-31)29-14-8-3-9-15-29/h1-21,24,33-34,39H,22-23,25-26H2,(H,37,41). The molecule has 1 amide bonds. The van der Waals surface area contributed by atoms with Gasteiger partial charge in [-0.25, -0.2) is 0 Å². The number of benzene rings is 4. The number of carbonyl (C=O) groups excluding carboxylic acids is 2. The smallest absolute Gasteiger partial charge is 0.308 e. The second-order valence-corrected chi connectivity index (χ2v) is 10.2. The van der Waals surface area contributed by atoms with E-state index in [0.717, 1.165) is 33.4 Å². The van der Waals surface area contributed by atoms with Crippen molar-refractivity contribution in [2.45, 2.75) is 31.5 Å². The van der Waals surface area contributed by atoms with Crippen molar-refractivity contribution in [2.24, 2.45) is 0 Å². The zero-order chi connectivity index (χ0) is 29.1. The van der Waals surface area contributed by atoms with E-state index in [9.17, 15) is 14.7 Å². The predicted molar refractivity (Wildman–Crippen MR) is 164 cm³/mol. The fraction of sp³-hybridized carbons (Fsp3) is 0.167. The van der Waals surface area contributed by atoms with Gasteiger partial charge in [-0.3, -0.25) is 9.59 Å². The van der Waals surface area contributed by atoms with Crippen LogP contribution in [0.3, 0.4) is 0 Å². The Hall–Kier alpha value is -4.94. The zero-order valence-electron chi connectivity index (χ0n) is 23.3. The Morgan fingerprint density at radius 2 is 1.24 bits per heavy atom. The summed E-state index contributed by atoms with van der Waals surface area (Å²) in [6.45, 7) is -0.0948. The maximum atomic E-state index is 13.6. The molecule has 5 aromatic rings. The first-order valence-corrected chi connectivity index (χ1v) is 14.1. The summed E-state index contributed by atoms with van der Waals surface area (Å²) in [6.07, 6.45) is 4.00. The molecule has 0 spiro atoms. The summed E-state index contributed by atoms with van der Waals surface area (Å²) in [4.78, 5) is 26.5. The van der Waals surface area contributed by atoms with Crippen molar-refractivity contribution < 1.29 is 19.4 Å². The maximum absolute atomic E-state index is 13.6. The molecule has 2 unspecified atom stereocenters. The maximum Gasteiger partial charge on any atom is 0.308 e. The molecular weight excluding hydrogens is 524 g/mol. The Morgan fingerprint density at radius 1 is 0.690 bits per heavy atom. The van der Waals surface area contributed by atoms with Gasteiger partial charge in [0.2, 0.25) is 5.91 Å². The monoisotopic (exact) mass is 558 g/mol. The van der Waals surface area contributed by atoms with Gasteiger partial charge in [0.15, 0.2) is 0 Å². The number of esters is 1. The summed E-state index contributed by atoms with van der Waals surface area (Å²) >= 11 is 0. The third-order valence-corrected chi connectivity index (χ3v) is 7.20. The second kappa shape index (κ2) is 14.1. The molecule has 4 aromatic carbocycles. The molecule has 2 N–H and O–H groups in total. The molecule has 6 nitrogen and oxygen atoms in total. The van der Waals surface area contributed by atoms with Gasteiger partial charge in [0, 0.05) is 12.4 Å². The fourth-order valence-electron chi connectivity index (χ4n) is 4.91. The number of hydrogen-bond donors (Lipinski definition) is 2. The number of hydrogen-bond acceptors (Lipinski definition) is 4. The summed E-state index contributed by atoms with van der Waals surface area (Å²) in [7, 11) is 0. The van der Waals surface area contributed by atoms with Crippen molar-refractivity contribution >= 4 is 11.9 Å². The number of carbonyl (C=O) groups is 2. The van der Waals surface area contributed by atoms with Gasteiger partial charge in [-0.05, 0) is 45.9 Å². The quantitative estimate of drug-likeness (QED) is 0.178. The normalized spacial score (nSPS) is 12.3. The molecule has 6 heteroatoms. The molecule has 0 bridgehead atoms. The van der Waals surface area contributed by atoms with E-state index in [1.54, 1.807) is 10.8 Å². The molecule has 0 radical (unpaired) electrons. The molecule has 2 atom stereocenters. The lowest BCUT2D eigenvalue weighted by Crippen LogP contribution is -2.43. The van der Waals surface area contributed by atoms with Gasteiger partial charge in [-0.1, -0.05) is 115 Å². The lowest BCUT2D eigenvalue weighted by molar-refractivity contribution is -0.147. The van der Waals surface area contributed by atoms with Gasteiger partial charge in [-0.2, -0.15) is 0 Å². The van der Waals surface area contributed by atoms with Crippen molar-refractivity contribution in [2.75, 3.05) is 6.61 Å². The highest BCUT2D eigenvalue weighted by molar-refractivity contribution is 5.86. The summed E-state index contributed by atoms with van der Waals surface area (Å²) in [6, 6.07) is 38.1. The van der Waals surface area contributed by atoms with Gasteiger partial charge < -0.3 is 19.7 Å². The highest BCUT2D eigenvalue weighted by Gasteiger charge is 2.27. The molecule has 1 aromatic heterocycles. The average molecular weight is 559 g/mol. The third-order valence-electron chi connectivity index (χ3n) is 7.20. The van der Waals surface area contributed by atoms with E-state index in [2.05, 4.69) is 29.6 Å². The molecule has 0 aliphatic heterocycles. The molecule has 212 valence electrons. The minimum Gasteiger partial charge on any atom is -0.461 e. The summed E-state index contributed by atoms with van der Waals surface area (Å²) in [5.74, 6) is -0.840. The van der Waals surface area contributed by atoms with Gasteiger partial charge in [0.25, 0.3) is 0 Å². The zero-order valence-corrected chi connectivity index (χ0v) is 23.3. The van der Waals surface area contributed by atoms with Crippen LogP contribution in [0, 0.1) is 0 Å². The van der Waals surface area contributed by atoms with E-state index in [-0.39, 0.29) is 25.5 Å². The summed E-state index contributed by atoms with van der Waals surface area (Å²) < 4.78 is 7.27. The lowest BCUT2D eigenvalue weighted by atomic mass is 10.0. The topological polar surface area (TPSA) is 80.6 Å². The van der Waals surface area contributed by atoms with Crippen molar-refractivity contribution in [1.29, 1.82) is 0 Å². The first-order chi connectivity index (χ1) is 20.6. The highest BCUT2D eigenvalue weighted by atomic mass is 16.5. The van der Waals surface area contributed by atoms with Gasteiger partial charge in [0.05, 0.1) is 19.1 Å². The number of aliphatic hydroxyl groups is 1. The molecule has 0 fully saturated rings. The molecule has 0 aliphatic rings. The van der Waals surface area contributed by atoms with E-state index < -0.39 is 18.1 Å². The highest BCUT2D eigenvalue weighted by Crippen LogP contribution is 2.27. The van der Waals surface area contributed by atoms with Crippen molar-refractivity contribution in [3.63, 3.8) is 0 Å². The number of nitrogens with one attached hydrogen (secondary N) is 1. The van der Waals surface area contributed by atoms with Crippen LogP contribution in [0.25, 0.3) is 22.3 Å². The molecule has 42 heavy (non-hydrogen) atoms. The van der Waals surface area contributed by atoms with Crippen molar-refractivity contribution in [3.05, 3.63) is 145 Å². The van der Waals surface area contributed by atoms with Crippen LogP contribution >= 0.6 is 0 Å². The number of aliphatic hydroxyl groups excluding tert-OH is 1. The molecule has 0 aliphatic carbocycles. The van der Waals surface area contributed by atoms with Crippen LogP contribution in [0.15, 0.2) is 134 Å².